The fourth-order valence-corrected chi connectivity index (χ4v) is 3.59. The van der Waals surface area contributed by atoms with Crippen molar-refractivity contribution in [3.05, 3.63) is 38.4 Å². The number of benzene rings is 1. The number of nitrogens with zero attached hydrogens (tertiary/aromatic N) is 2. The summed E-state index contributed by atoms with van der Waals surface area (Å²) < 4.78 is 6.34. The van der Waals surface area contributed by atoms with Crippen LogP contribution in [0, 0.1) is 3.57 Å². The molecule has 0 spiro atoms. The van der Waals surface area contributed by atoms with Crippen LogP contribution < -0.4 is 4.74 Å². The number of allylic oxidation sites excluding steroid dienone is 1. The molecule has 1 aliphatic heterocycles. The van der Waals surface area contributed by atoms with E-state index in [1.54, 1.807) is 26.2 Å². The van der Waals surface area contributed by atoms with Crippen LogP contribution in [0.1, 0.15) is 18.9 Å². The number of aryl methyl sites for hydroxylation is 1. The maximum absolute atomic E-state index is 12.5. The van der Waals surface area contributed by atoms with E-state index >= 15 is 0 Å². The van der Waals surface area contributed by atoms with Crippen LogP contribution in [0.5, 0.6) is 5.75 Å². The molecule has 1 aliphatic rings. The van der Waals surface area contributed by atoms with Gasteiger partial charge in [0.1, 0.15) is 5.75 Å². The number of ether oxygens (including phenoxy) is 1. The molecule has 0 atom stereocenters. The third-order valence-corrected chi connectivity index (χ3v) is 5.90. The van der Waals surface area contributed by atoms with Gasteiger partial charge in [0, 0.05) is 48.8 Å². The number of rotatable bonds is 7. The zero-order chi connectivity index (χ0) is 19.1. The molecule has 0 unspecified atom stereocenters. The summed E-state index contributed by atoms with van der Waals surface area (Å²) in [6.07, 6.45) is 4.57. The summed E-state index contributed by atoms with van der Waals surface area (Å²) in [5.74, 6) is 0.951. The van der Waals surface area contributed by atoms with Crippen molar-refractivity contribution in [3.8, 4) is 5.75 Å². The van der Waals surface area contributed by atoms with E-state index in [0.717, 1.165) is 47.6 Å². The number of ketones is 1. The standard InChI is InChI=1S/C19H24ClIN2O3/c1-14(24)4-3-7-22-8-10-23(11-9-22)19(25)6-5-15-12-17(21)16(20)13-18(15)26-2/h3-4,12-13H,5-11H2,1-2H3/b4-3+. The maximum Gasteiger partial charge on any atom is 0.222 e. The monoisotopic (exact) mass is 490 g/mol. The van der Waals surface area contributed by atoms with E-state index in [9.17, 15) is 9.59 Å². The summed E-state index contributed by atoms with van der Waals surface area (Å²) in [4.78, 5) is 27.6. The Labute approximate surface area is 173 Å². The summed E-state index contributed by atoms with van der Waals surface area (Å²) in [5, 5.41) is 0.660. The Kier molecular flexibility index (Phi) is 8.37. The van der Waals surface area contributed by atoms with Crippen molar-refractivity contribution >= 4 is 45.9 Å². The molecule has 0 bridgehead atoms. The van der Waals surface area contributed by atoms with Crippen molar-refractivity contribution in [1.82, 2.24) is 9.80 Å². The number of piperazine rings is 1. The molecule has 0 N–H and O–H groups in total. The Balaban J connectivity index is 1.83. The summed E-state index contributed by atoms with van der Waals surface area (Å²) >= 11 is 8.31. The van der Waals surface area contributed by atoms with Gasteiger partial charge in [-0.05, 0) is 53.6 Å². The lowest BCUT2D eigenvalue weighted by atomic mass is 10.1. The molecular weight excluding hydrogens is 467 g/mol. The van der Waals surface area contributed by atoms with Crippen molar-refractivity contribution in [2.24, 2.45) is 0 Å². The van der Waals surface area contributed by atoms with Crippen LogP contribution in [0.2, 0.25) is 5.02 Å². The first-order chi connectivity index (χ1) is 12.4. The maximum atomic E-state index is 12.5. The molecule has 5 nitrogen and oxygen atoms in total. The fraction of sp³-hybridized carbons (Fsp3) is 0.474. The Morgan fingerprint density at radius 1 is 1.27 bits per heavy atom. The van der Waals surface area contributed by atoms with Crippen LogP contribution in [0.3, 0.4) is 0 Å². The average molecular weight is 491 g/mol. The van der Waals surface area contributed by atoms with E-state index < -0.39 is 0 Å². The molecule has 2 rings (SSSR count). The lowest BCUT2D eigenvalue weighted by Gasteiger charge is -2.34. The normalized spacial score (nSPS) is 15.5. The van der Waals surface area contributed by atoms with Gasteiger partial charge in [-0.3, -0.25) is 14.5 Å². The highest BCUT2D eigenvalue weighted by Crippen LogP contribution is 2.29. The van der Waals surface area contributed by atoms with E-state index in [1.807, 2.05) is 17.0 Å². The van der Waals surface area contributed by atoms with E-state index in [4.69, 9.17) is 16.3 Å². The van der Waals surface area contributed by atoms with Crippen LogP contribution in [0.25, 0.3) is 0 Å². The molecule has 1 saturated heterocycles. The van der Waals surface area contributed by atoms with Gasteiger partial charge in [-0.25, -0.2) is 0 Å². The molecule has 0 radical (unpaired) electrons. The minimum atomic E-state index is 0.0612. The second-order valence-electron chi connectivity index (χ2n) is 6.27. The third-order valence-electron chi connectivity index (χ3n) is 4.37. The van der Waals surface area contributed by atoms with Gasteiger partial charge in [0.15, 0.2) is 5.78 Å². The van der Waals surface area contributed by atoms with Crippen molar-refractivity contribution in [3.63, 3.8) is 0 Å². The number of carbonyl (C=O) groups excluding carboxylic acids is 2. The first-order valence-corrected chi connectivity index (χ1v) is 10.1. The van der Waals surface area contributed by atoms with Crippen molar-refractivity contribution in [1.29, 1.82) is 0 Å². The van der Waals surface area contributed by atoms with Gasteiger partial charge < -0.3 is 9.64 Å². The Morgan fingerprint density at radius 3 is 2.58 bits per heavy atom. The number of amides is 1. The molecule has 1 fully saturated rings. The highest BCUT2D eigenvalue weighted by molar-refractivity contribution is 14.1. The molecule has 7 heteroatoms. The predicted molar refractivity (Wildman–Crippen MR) is 112 cm³/mol. The quantitative estimate of drug-likeness (QED) is 0.435. The summed E-state index contributed by atoms with van der Waals surface area (Å²) in [7, 11) is 1.61. The Hall–Kier alpha value is -1.12. The van der Waals surface area contributed by atoms with Gasteiger partial charge in [0.2, 0.25) is 5.91 Å². The highest BCUT2D eigenvalue weighted by atomic mass is 127. The van der Waals surface area contributed by atoms with Crippen LogP contribution in [-0.4, -0.2) is 61.3 Å². The topological polar surface area (TPSA) is 49.9 Å². The average Bonchev–Trinajstić information content (AvgIpc) is 2.62. The van der Waals surface area contributed by atoms with Crippen molar-refractivity contribution in [2.75, 3.05) is 39.8 Å². The summed E-state index contributed by atoms with van der Waals surface area (Å²) in [6.45, 7) is 5.40. The smallest absolute Gasteiger partial charge is 0.222 e. The van der Waals surface area contributed by atoms with Crippen LogP contribution in [0.15, 0.2) is 24.3 Å². The highest BCUT2D eigenvalue weighted by Gasteiger charge is 2.20. The second-order valence-corrected chi connectivity index (χ2v) is 7.84. The molecule has 0 saturated carbocycles. The van der Waals surface area contributed by atoms with Crippen molar-refractivity contribution in [2.45, 2.75) is 19.8 Å². The Bertz CT molecular complexity index is 686. The molecule has 1 aromatic rings. The lowest BCUT2D eigenvalue weighted by Crippen LogP contribution is -2.48. The number of carbonyl (C=O) groups is 2. The van der Waals surface area contributed by atoms with Crippen LogP contribution >= 0.6 is 34.2 Å². The largest absolute Gasteiger partial charge is 0.496 e. The van der Waals surface area contributed by atoms with E-state index in [1.165, 1.54) is 0 Å². The molecule has 142 valence electrons. The molecule has 26 heavy (non-hydrogen) atoms. The van der Waals surface area contributed by atoms with Gasteiger partial charge in [-0.1, -0.05) is 17.7 Å². The minimum absolute atomic E-state index is 0.0612. The SMILES string of the molecule is COc1cc(Cl)c(I)cc1CCC(=O)N1CCN(C/C=C/C(C)=O)CC1. The van der Waals surface area contributed by atoms with Gasteiger partial charge in [0.05, 0.1) is 12.1 Å². The molecule has 1 heterocycles. The number of halogens is 2. The van der Waals surface area contributed by atoms with Gasteiger partial charge in [-0.2, -0.15) is 0 Å². The van der Waals surface area contributed by atoms with Gasteiger partial charge in [0.25, 0.3) is 0 Å². The fourth-order valence-electron chi connectivity index (χ4n) is 2.90. The summed E-state index contributed by atoms with van der Waals surface area (Å²) in [5.41, 5.74) is 1.00. The predicted octanol–water partition coefficient (Wildman–Crippen LogP) is 3.18. The van der Waals surface area contributed by atoms with E-state index in [-0.39, 0.29) is 11.7 Å². The minimum Gasteiger partial charge on any atom is -0.496 e. The van der Waals surface area contributed by atoms with Gasteiger partial charge >= 0.3 is 0 Å². The Morgan fingerprint density at radius 2 is 1.96 bits per heavy atom. The van der Waals surface area contributed by atoms with Crippen molar-refractivity contribution < 1.29 is 14.3 Å². The zero-order valence-corrected chi connectivity index (χ0v) is 18.0. The van der Waals surface area contributed by atoms with Gasteiger partial charge in [-0.15, -0.1) is 0 Å². The molecule has 1 aromatic carbocycles. The summed E-state index contributed by atoms with van der Waals surface area (Å²) in [6, 6.07) is 3.78. The third kappa shape index (κ3) is 6.25. The molecule has 0 aromatic heterocycles. The van der Waals surface area contributed by atoms with E-state index in [0.29, 0.717) is 17.9 Å². The van der Waals surface area contributed by atoms with Crippen LogP contribution in [0.4, 0.5) is 0 Å². The first kappa shape index (κ1) is 21.2. The van der Waals surface area contributed by atoms with E-state index in [2.05, 4.69) is 27.5 Å². The lowest BCUT2D eigenvalue weighted by molar-refractivity contribution is -0.132. The molecule has 1 amide bonds. The number of hydrogen-bond acceptors (Lipinski definition) is 4. The zero-order valence-electron chi connectivity index (χ0n) is 15.1. The second kappa shape index (κ2) is 10.3. The molecule has 0 aliphatic carbocycles. The van der Waals surface area contributed by atoms with Crippen LogP contribution in [-0.2, 0) is 16.0 Å². The molecular formula is C19H24ClIN2O3. The first-order valence-electron chi connectivity index (χ1n) is 8.60. The number of hydrogen-bond donors (Lipinski definition) is 0. The number of methoxy groups -OCH3 is 1.